The van der Waals surface area contributed by atoms with Crippen molar-refractivity contribution in [1.29, 1.82) is 0 Å². The number of hydrogen-bond acceptors (Lipinski definition) is 22. The number of ether oxygens (including phenoxy) is 2. The third-order valence-corrected chi connectivity index (χ3v) is 19.6. The number of rotatable bonds is 9. The number of hydrogen-bond donors (Lipinski definition) is 0. The number of thiazole rings is 4. The van der Waals surface area contributed by atoms with Gasteiger partial charge in [0.1, 0.15) is 23.2 Å². The minimum absolute atomic E-state index is 0.00207. The average molecular weight is 1260 g/mol. The summed E-state index contributed by atoms with van der Waals surface area (Å²) in [5.41, 5.74) is 0.735. The highest BCUT2D eigenvalue weighted by atomic mass is 32.1. The minimum Gasteiger partial charge on any atom is -0.444 e. The molecular formula is C66H30N8O12S4. The van der Waals surface area contributed by atoms with E-state index in [1.54, 1.807) is 97.1 Å². The van der Waals surface area contributed by atoms with Crippen molar-refractivity contribution in [2.75, 3.05) is 0 Å². The van der Waals surface area contributed by atoms with Crippen LogP contribution in [-0.2, 0) is 22.7 Å². The highest BCUT2D eigenvalue weighted by Gasteiger charge is 2.36. The summed E-state index contributed by atoms with van der Waals surface area (Å²) >= 11 is 4.17. The van der Waals surface area contributed by atoms with Crippen LogP contribution in [0, 0.1) is 0 Å². The SMILES string of the molecule is O=C1C(=Cc2nc3c(s2)c2sc(/C=C4\C(=O)c5ccc(-c6ccc7c(=O)/c(=N\c8nc9c(s8)c8sc(N=c%10c(=O)c%11ccccc%11c%10=O)nc8n9C(=O)OCc8ccccc8)c(=O)c7c6)cc5C4=O)nc2n3C(=O)OCc2ccccc2)C(=O)c2ccccc21. The molecule has 0 radical (unpaired) electrons. The molecule has 0 amide bonds. The lowest BCUT2D eigenvalue weighted by atomic mass is 9.99. The van der Waals surface area contributed by atoms with Gasteiger partial charge >= 0.3 is 12.2 Å². The van der Waals surface area contributed by atoms with Crippen molar-refractivity contribution in [2.45, 2.75) is 13.2 Å². The van der Waals surface area contributed by atoms with E-state index in [9.17, 15) is 47.9 Å². The molecule has 8 aromatic carbocycles. The molecule has 2 aliphatic rings. The fourth-order valence-electron chi connectivity index (χ4n) is 11.2. The zero-order chi connectivity index (χ0) is 61.4. The summed E-state index contributed by atoms with van der Waals surface area (Å²) in [5.74, 6) is -2.07. The summed E-state index contributed by atoms with van der Waals surface area (Å²) in [6.07, 6.45) is 1.07. The van der Waals surface area contributed by atoms with Gasteiger partial charge < -0.3 is 9.47 Å². The monoisotopic (exact) mass is 1250 g/mol. The Hall–Kier alpha value is -11.4. The van der Waals surface area contributed by atoms with Crippen LogP contribution in [0.5, 0.6) is 0 Å². The van der Waals surface area contributed by atoms with Gasteiger partial charge in [-0.1, -0.05) is 144 Å². The number of carbonyl (C=O) groups excluding carboxylic acids is 6. The lowest BCUT2D eigenvalue weighted by Crippen LogP contribution is -2.31. The van der Waals surface area contributed by atoms with Crippen LogP contribution in [0.25, 0.3) is 86.2 Å². The quantitative estimate of drug-likeness (QED) is 0.0959. The zero-order valence-corrected chi connectivity index (χ0v) is 48.8. The number of Topliss-reactive ketones (excluding diaryl/α,β-unsaturated/α-hetero) is 4. The first-order valence-corrected chi connectivity index (χ1v) is 30.5. The molecule has 90 heavy (non-hydrogen) atoms. The fourth-order valence-corrected chi connectivity index (χ4v) is 15.3. The van der Waals surface area contributed by atoms with Crippen LogP contribution in [0.2, 0.25) is 0 Å². The Bertz CT molecular complexity index is 5960. The van der Waals surface area contributed by atoms with Crippen molar-refractivity contribution in [3.63, 3.8) is 0 Å². The van der Waals surface area contributed by atoms with E-state index >= 15 is 0 Å². The maximum absolute atomic E-state index is 14.3. The highest BCUT2D eigenvalue weighted by molar-refractivity contribution is 7.30. The number of nitrogens with zero attached hydrogens (tertiary/aromatic N) is 8. The van der Waals surface area contributed by atoms with E-state index in [1.165, 1.54) is 53.1 Å². The smallest absolute Gasteiger partial charge is 0.421 e. The van der Waals surface area contributed by atoms with Crippen molar-refractivity contribution >= 4 is 166 Å². The van der Waals surface area contributed by atoms with Gasteiger partial charge in [-0.2, -0.15) is 9.97 Å². The molecule has 0 N–H and O–H groups in total. The van der Waals surface area contributed by atoms with E-state index in [0.29, 0.717) is 35.5 Å². The number of aromatic nitrogens is 6. The molecule has 430 valence electrons. The second-order valence-electron chi connectivity index (χ2n) is 20.7. The molecule has 16 rings (SSSR count). The van der Waals surface area contributed by atoms with Gasteiger partial charge in [0.05, 0.1) is 29.9 Å². The topological polar surface area (TPSA) is 275 Å². The molecule has 0 fully saturated rings. The third-order valence-electron chi connectivity index (χ3n) is 15.5. The number of ketones is 4. The minimum atomic E-state index is -0.867. The molecule has 6 heterocycles. The molecule has 0 aliphatic heterocycles. The van der Waals surface area contributed by atoms with Gasteiger partial charge in [-0.25, -0.2) is 38.7 Å². The summed E-state index contributed by atoms with van der Waals surface area (Å²) in [6.45, 7) is -0.193. The molecule has 0 saturated carbocycles. The van der Waals surface area contributed by atoms with Crippen LogP contribution < -0.4 is 32.4 Å². The lowest BCUT2D eigenvalue weighted by molar-refractivity contribution is 0.0975. The van der Waals surface area contributed by atoms with Gasteiger partial charge in [0.2, 0.25) is 32.0 Å². The third kappa shape index (κ3) is 8.52. The van der Waals surface area contributed by atoms with Crippen molar-refractivity contribution in [2.24, 2.45) is 9.98 Å². The summed E-state index contributed by atoms with van der Waals surface area (Å²) in [6, 6.07) is 40.1. The van der Waals surface area contributed by atoms with Crippen molar-refractivity contribution in [1.82, 2.24) is 29.1 Å². The van der Waals surface area contributed by atoms with E-state index in [-0.39, 0.29) is 116 Å². The summed E-state index contributed by atoms with van der Waals surface area (Å²) < 4.78 is 15.5. The van der Waals surface area contributed by atoms with Gasteiger partial charge in [0.15, 0.2) is 56.4 Å². The Morgan fingerprint density at radius 1 is 0.400 bits per heavy atom. The maximum atomic E-state index is 14.3. The molecule has 0 unspecified atom stereocenters. The first kappa shape index (κ1) is 54.0. The molecule has 20 nitrogen and oxygen atoms in total. The van der Waals surface area contributed by atoms with Crippen LogP contribution >= 0.6 is 45.3 Å². The Kier molecular flexibility index (Phi) is 12.4. The number of fused-ring (bicyclic) bond motifs is 10. The van der Waals surface area contributed by atoms with E-state index in [2.05, 4.69) is 24.9 Å². The van der Waals surface area contributed by atoms with Gasteiger partial charge in [-0.3, -0.25) is 38.4 Å². The van der Waals surface area contributed by atoms with Gasteiger partial charge in [0.25, 0.3) is 0 Å². The van der Waals surface area contributed by atoms with E-state index < -0.39 is 62.4 Å². The van der Waals surface area contributed by atoms with Crippen LogP contribution in [0.15, 0.2) is 186 Å². The van der Waals surface area contributed by atoms with Gasteiger partial charge in [-0.05, 0) is 58.7 Å². The Labute approximate surface area is 516 Å². The first-order valence-electron chi connectivity index (χ1n) is 27.2. The molecule has 0 spiro atoms. The summed E-state index contributed by atoms with van der Waals surface area (Å²) in [7, 11) is 0. The van der Waals surface area contributed by atoms with Crippen LogP contribution in [0.1, 0.15) is 62.6 Å². The second kappa shape index (κ2) is 20.6. The van der Waals surface area contributed by atoms with Crippen LogP contribution in [0.3, 0.4) is 0 Å². The molecule has 14 aromatic rings. The Morgan fingerprint density at radius 2 is 0.778 bits per heavy atom. The van der Waals surface area contributed by atoms with Crippen LogP contribution in [0.4, 0.5) is 19.9 Å². The normalized spacial score (nSPS) is 13.8. The summed E-state index contributed by atoms with van der Waals surface area (Å²) in [4.78, 5) is 165. The summed E-state index contributed by atoms with van der Waals surface area (Å²) in [5, 5.41) is 0.156. The largest absolute Gasteiger partial charge is 0.444 e. The second-order valence-corrected chi connectivity index (χ2v) is 24.8. The standard InChI is InChI=1S/C66H30N8O12S4/c75-47-33-15-7-8-16-34(33)48(76)41(47)25-43-67-59-55(87-43)56-60(73(59)65(83)85-27-29-11-3-1-4-12-29)68-44(88-56)26-42-49(77)37-21-19-31(23-39(37)50(42)78)32-20-22-38-40(24-32)54(82)46(53(38)81)70-64-72-62-58(90-64)57-61(74(62)66(84)86-28-30-13-5-2-6-14-30)71-63(89-57)69-45-51(79)35-17-9-10-18-36(35)52(45)80/h1-26H,27-28H2/b42-26+,70-46+. The average Bonchev–Trinajstić information content (AvgIpc) is 2.09. The highest BCUT2D eigenvalue weighted by Crippen LogP contribution is 2.43. The van der Waals surface area contributed by atoms with Crippen LogP contribution in [-0.4, -0.2) is 64.4 Å². The van der Waals surface area contributed by atoms with E-state index in [1.807, 2.05) is 12.1 Å². The molecule has 6 aromatic heterocycles. The molecule has 0 saturated heterocycles. The van der Waals surface area contributed by atoms with E-state index in [0.717, 1.165) is 55.5 Å². The molecule has 24 heteroatoms. The van der Waals surface area contributed by atoms with Crippen molar-refractivity contribution in [3.8, 4) is 11.1 Å². The molecule has 0 atom stereocenters. The Balaban J connectivity index is 0.721. The Morgan fingerprint density at radius 3 is 1.27 bits per heavy atom. The molecule has 0 bridgehead atoms. The first-order chi connectivity index (χ1) is 43.7. The fraction of sp³-hybridized carbons (Fsp3) is 0.0303. The molecule has 2 aliphatic carbocycles. The number of benzene rings is 6. The predicted octanol–water partition coefficient (Wildman–Crippen LogP) is 10.7. The zero-order valence-electron chi connectivity index (χ0n) is 45.5. The van der Waals surface area contributed by atoms with Gasteiger partial charge in [0, 0.05) is 43.8 Å². The van der Waals surface area contributed by atoms with E-state index in [4.69, 9.17) is 14.5 Å². The number of carbonyl (C=O) groups is 6. The maximum Gasteiger partial charge on any atom is 0.421 e. The van der Waals surface area contributed by atoms with Crippen molar-refractivity contribution in [3.05, 3.63) is 252 Å². The van der Waals surface area contributed by atoms with Crippen molar-refractivity contribution < 1.29 is 38.2 Å². The van der Waals surface area contributed by atoms with Gasteiger partial charge in [-0.15, -0.1) is 22.7 Å². The molecular weight excluding hydrogens is 1230 g/mol. The number of allylic oxidation sites excluding steroid dienone is 2. The lowest BCUT2D eigenvalue weighted by Gasteiger charge is -2.06. The predicted molar refractivity (Wildman–Crippen MR) is 339 cm³/mol.